The van der Waals surface area contributed by atoms with Gasteiger partial charge in [-0.3, -0.25) is 4.68 Å². The Morgan fingerprint density at radius 2 is 2.05 bits per heavy atom. The molecule has 0 spiro atoms. The number of benzene rings is 1. The minimum Gasteiger partial charge on any atom is -0.334 e. The SMILES string of the molecule is CC[C@H](Cc1ccccc1)N(C)C(=O)NCc1cnn(C)c1. The van der Waals surface area contributed by atoms with Gasteiger partial charge in [-0.1, -0.05) is 37.3 Å². The molecule has 0 radical (unpaired) electrons. The highest BCUT2D eigenvalue weighted by Gasteiger charge is 2.18. The topological polar surface area (TPSA) is 50.2 Å². The number of nitrogens with one attached hydrogen (secondary N) is 1. The maximum Gasteiger partial charge on any atom is 0.317 e. The number of aryl methyl sites for hydroxylation is 1. The first-order chi connectivity index (χ1) is 10.6. The third-order valence-electron chi connectivity index (χ3n) is 3.86. The van der Waals surface area contributed by atoms with Crippen LogP contribution in [0.3, 0.4) is 0 Å². The number of urea groups is 1. The van der Waals surface area contributed by atoms with E-state index in [-0.39, 0.29) is 12.1 Å². The van der Waals surface area contributed by atoms with Crippen LogP contribution in [0.2, 0.25) is 0 Å². The molecule has 1 N–H and O–H groups in total. The number of hydrogen-bond donors (Lipinski definition) is 1. The largest absolute Gasteiger partial charge is 0.334 e. The third-order valence-corrected chi connectivity index (χ3v) is 3.86. The Morgan fingerprint density at radius 1 is 1.32 bits per heavy atom. The van der Waals surface area contributed by atoms with E-state index in [1.54, 1.807) is 15.8 Å². The van der Waals surface area contributed by atoms with Crippen LogP contribution >= 0.6 is 0 Å². The van der Waals surface area contributed by atoms with Crippen molar-refractivity contribution in [2.24, 2.45) is 7.05 Å². The van der Waals surface area contributed by atoms with Crippen molar-refractivity contribution >= 4 is 6.03 Å². The van der Waals surface area contributed by atoms with Crippen LogP contribution in [0.25, 0.3) is 0 Å². The number of aromatic nitrogens is 2. The highest BCUT2D eigenvalue weighted by Crippen LogP contribution is 2.11. The van der Waals surface area contributed by atoms with Gasteiger partial charge in [0, 0.05) is 38.4 Å². The summed E-state index contributed by atoms with van der Waals surface area (Å²) in [5.41, 5.74) is 2.25. The normalized spacial score (nSPS) is 12.0. The molecule has 0 fully saturated rings. The number of carbonyl (C=O) groups excluding carboxylic acids is 1. The zero-order valence-corrected chi connectivity index (χ0v) is 13.5. The lowest BCUT2D eigenvalue weighted by Gasteiger charge is -2.27. The molecule has 0 saturated heterocycles. The molecule has 1 heterocycles. The van der Waals surface area contributed by atoms with E-state index in [4.69, 9.17) is 0 Å². The maximum absolute atomic E-state index is 12.3. The van der Waals surface area contributed by atoms with Crippen LogP contribution in [0.5, 0.6) is 0 Å². The fourth-order valence-corrected chi connectivity index (χ4v) is 2.47. The van der Waals surface area contributed by atoms with Crippen LogP contribution in [-0.2, 0) is 20.0 Å². The van der Waals surface area contributed by atoms with Crippen LogP contribution in [0.15, 0.2) is 42.7 Å². The lowest BCUT2D eigenvalue weighted by molar-refractivity contribution is 0.187. The highest BCUT2D eigenvalue weighted by molar-refractivity contribution is 5.74. The molecular weight excluding hydrogens is 276 g/mol. The Hall–Kier alpha value is -2.30. The molecule has 5 heteroatoms. The number of rotatable bonds is 6. The lowest BCUT2D eigenvalue weighted by Crippen LogP contribution is -2.44. The number of nitrogens with zero attached hydrogens (tertiary/aromatic N) is 3. The van der Waals surface area contributed by atoms with Crippen molar-refractivity contribution in [1.82, 2.24) is 20.0 Å². The van der Waals surface area contributed by atoms with Crippen molar-refractivity contribution in [2.75, 3.05) is 7.05 Å². The van der Waals surface area contributed by atoms with Gasteiger partial charge in [-0.2, -0.15) is 5.10 Å². The Kier molecular flexibility index (Phi) is 5.58. The van der Waals surface area contributed by atoms with Crippen molar-refractivity contribution in [2.45, 2.75) is 32.4 Å². The van der Waals surface area contributed by atoms with E-state index in [0.717, 1.165) is 18.4 Å². The quantitative estimate of drug-likeness (QED) is 0.891. The molecule has 1 atom stereocenters. The maximum atomic E-state index is 12.3. The first-order valence-electron chi connectivity index (χ1n) is 7.62. The zero-order valence-electron chi connectivity index (χ0n) is 13.5. The standard InChI is InChI=1S/C17H24N4O/c1-4-16(10-14-8-6-5-7-9-14)21(3)17(22)18-11-15-12-19-20(2)13-15/h5-9,12-13,16H,4,10-11H2,1-3H3,(H,18,22)/t16-/m1/s1. The third kappa shape index (κ3) is 4.35. The van der Waals surface area contributed by atoms with Crippen molar-refractivity contribution in [1.29, 1.82) is 0 Å². The molecule has 0 unspecified atom stereocenters. The Labute approximate surface area is 131 Å². The van der Waals surface area contributed by atoms with Crippen molar-refractivity contribution in [3.8, 4) is 0 Å². The monoisotopic (exact) mass is 300 g/mol. The minimum absolute atomic E-state index is 0.0494. The van der Waals surface area contributed by atoms with E-state index in [9.17, 15) is 4.79 Å². The summed E-state index contributed by atoms with van der Waals surface area (Å²) in [5.74, 6) is 0. The highest BCUT2D eigenvalue weighted by atomic mass is 16.2. The summed E-state index contributed by atoms with van der Waals surface area (Å²) < 4.78 is 1.73. The van der Waals surface area contributed by atoms with E-state index < -0.39 is 0 Å². The fraction of sp³-hybridized carbons (Fsp3) is 0.412. The molecule has 5 nitrogen and oxygen atoms in total. The molecule has 2 aromatic rings. The number of hydrogen-bond acceptors (Lipinski definition) is 2. The summed E-state index contributed by atoms with van der Waals surface area (Å²) in [6.07, 6.45) is 5.46. The first-order valence-corrected chi connectivity index (χ1v) is 7.62. The van der Waals surface area contributed by atoms with E-state index >= 15 is 0 Å². The van der Waals surface area contributed by atoms with Gasteiger partial charge < -0.3 is 10.2 Å². The molecule has 1 aromatic heterocycles. The van der Waals surface area contributed by atoms with E-state index in [1.165, 1.54) is 5.56 Å². The van der Waals surface area contributed by atoms with Gasteiger partial charge in [-0.25, -0.2) is 4.79 Å². The van der Waals surface area contributed by atoms with Gasteiger partial charge in [0.25, 0.3) is 0 Å². The lowest BCUT2D eigenvalue weighted by atomic mass is 10.0. The molecule has 118 valence electrons. The van der Waals surface area contributed by atoms with Gasteiger partial charge in [0.15, 0.2) is 0 Å². The number of likely N-dealkylation sites (N-methyl/N-ethyl adjacent to an activating group) is 1. The first kappa shape index (κ1) is 16.1. The predicted molar refractivity (Wildman–Crippen MR) is 87.4 cm³/mol. The molecule has 0 aliphatic heterocycles. The Bertz CT molecular complexity index is 594. The molecule has 2 amide bonds. The average molecular weight is 300 g/mol. The molecule has 2 rings (SSSR count). The van der Waals surface area contributed by atoms with Gasteiger partial charge in [0.2, 0.25) is 0 Å². The molecule has 0 saturated carbocycles. The van der Waals surface area contributed by atoms with Crippen LogP contribution in [-0.4, -0.2) is 33.8 Å². The summed E-state index contributed by atoms with van der Waals surface area (Å²) in [6, 6.07) is 10.4. The second kappa shape index (κ2) is 7.64. The van der Waals surface area contributed by atoms with Gasteiger partial charge in [0.05, 0.1) is 6.20 Å². The fourth-order valence-electron chi connectivity index (χ4n) is 2.47. The van der Waals surface area contributed by atoms with Crippen LogP contribution < -0.4 is 5.32 Å². The molecule has 0 aliphatic carbocycles. The summed E-state index contributed by atoms with van der Waals surface area (Å²) in [6.45, 7) is 2.61. The Morgan fingerprint density at radius 3 is 2.64 bits per heavy atom. The molecule has 0 aliphatic rings. The second-order valence-corrected chi connectivity index (χ2v) is 5.54. The summed E-state index contributed by atoms with van der Waals surface area (Å²) in [7, 11) is 3.72. The van der Waals surface area contributed by atoms with Crippen molar-refractivity contribution < 1.29 is 4.79 Å². The van der Waals surface area contributed by atoms with Gasteiger partial charge in [-0.15, -0.1) is 0 Å². The molecule has 22 heavy (non-hydrogen) atoms. The van der Waals surface area contributed by atoms with Crippen LogP contribution in [0.4, 0.5) is 4.79 Å². The van der Waals surface area contributed by atoms with E-state index in [2.05, 4.69) is 29.5 Å². The van der Waals surface area contributed by atoms with E-state index in [0.29, 0.717) is 6.54 Å². The van der Waals surface area contributed by atoms with E-state index in [1.807, 2.05) is 38.5 Å². The molecule has 0 bridgehead atoms. The predicted octanol–water partition coefficient (Wildman–Crippen LogP) is 2.58. The molecule has 1 aromatic carbocycles. The van der Waals surface area contributed by atoms with Crippen LogP contribution in [0.1, 0.15) is 24.5 Å². The van der Waals surface area contributed by atoms with Crippen molar-refractivity contribution in [3.05, 3.63) is 53.9 Å². The summed E-state index contributed by atoms with van der Waals surface area (Å²) in [4.78, 5) is 14.1. The zero-order chi connectivity index (χ0) is 15.9. The average Bonchev–Trinajstić information content (AvgIpc) is 2.96. The minimum atomic E-state index is -0.0494. The molecular formula is C17H24N4O. The summed E-state index contributed by atoms with van der Waals surface area (Å²) in [5, 5.41) is 7.04. The summed E-state index contributed by atoms with van der Waals surface area (Å²) >= 11 is 0. The smallest absolute Gasteiger partial charge is 0.317 e. The van der Waals surface area contributed by atoms with Crippen molar-refractivity contribution in [3.63, 3.8) is 0 Å². The Balaban J connectivity index is 1.89. The van der Waals surface area contributed by atoms with Gasteiger partial charge in [0.1, 0.15) is 0 Å². The van der Waals surface area contributed by atoms with Crippen LogP contribution in [0, 0.1) is 0 Å². The van der Waals surface area contributed by atoms with Gasteiger partial charge in [-0.05, 0) is 18.4 Å². The number of amides is 2. The van der Waals surface area contributed by atoms with Gasteiger partial charge >= 0.3 is 6.03 Å². The second-order valence-electron chi connectivity index (χ2n) is 5.54. The number of carbonyl (C=O) groups is 1.